The lowest BCUT2D eigenvalue weighted by Crippen LogP contribution is -1.86. The van der Waals surface area contributed by atoms with Crippen LogP contribution in [0, 0.1) is 13.8 Å². The van der Waals surface area contributed by atoms with Gasteiger partial charge in [0.15, 0.2) is 0 Å². The Hall–Kier alpha value is -1.57. The first-order chi connectivity index (χ1) is 7.72. The number of rotatable bonds is 3. The van der Waals surface area contributed by atoms with Crippen LogP contribution in [0.25, 0.3) is 11.1 Å². The molecule has 2 heteroatoms. The summed E-state index contributed by atoms with van der Waals surface area (Å²) in [5.41, 5.74) is 4.69. The summed E-state index contributed by atoms with van der Waals surface area (Å²) >= 11 is 0. The lowest BCUT2D eigenvalue weighted by Gasteiger charge is -2.03. The van der Waals surface area contributed by atoms with Crippen LogP contribution in [0.15, 0.2) is 28.8 Å². The molecule has 1 aromatic carbocycles. The number of aromatic nitrogens is 1. The molecule has 0 N–H and O–H groups in total. The second kappa shape index (κ2) is 4.52. The smallest absolute Gasteiger partial charge is 0.141 e. The van der Waals surface area contributed by atoms with E-state index in [2.05, 4.69) is 36.3 Å². The third kappa shape index (κ3) is 2.01. The number of aryl methyl sites for hydroxylation is 3. The van der Waals surface area contributed by atoms with Crippen molar-refractivity contribution in [3.63, 3.8) is 0 Å². The highest BCUT2D eigenvalue weighted by atomic mass is 16.5. The van der Waals surface area contributed by atoms with E-state index >= 15 is 0 Å². The predicted molar refractivity (Wildman–Crippen MR) is 65.4 cm³/mol. The maximum atomic E-state index is 5.20. The maximum Gasteiger partial charge on any atom is 0.141 e. The molecule has 84 valence electrons. The Morgan fingerprint density at radius 2 is 2.06 bits per heavy atom. The number of nitrogens with zero attached hydrogens (tertiary/aromatic N) is 1. The lowest BCUT2D eigenvalue weighted by molar-refractivity contribution is 0.393. The molecule has 0 saturated heterocycles. The summed E-state index contributed by atoms with van der Waals surface area (Å²) in [7, 11) is 0. The average Bonchev–Trinajstić information content (AvgIpc) is 2.59. The fourth-order valence-corrected chi connectivity index (χ4v) is 2.07. The van der Waals surface area contributed by atoms with E-state index in [1.54, 1.807) is 0 Å². The van der Waals surface area contributed by atoms with Gasteiger partial charge in [0.1, 0.15) is 5.76 Å². The van der Waals surface area contributed by atoms with E-state index in [0.717, 1.165) is 23.4 Å². The zero-order valence-electron chi connectivity index (χ0n) is 10.1. The Labute approximate surface area is 96.3 Å². The second-order valence-electron chi connectivity index (χ2n) is 4.15. The summed E-state index contributed by atoms with van der Waals surface area (Å²) < 4.78 is 5.20. The largest absolute Gasteiger partial charge is 0.361 e. The van der Waals surface area contributed by atoms with Crippen LogP contribution in [0.3, 0.4) is 0 Å². The van der Waals surface area contributed by atoms with Gasteiger partial charge in [-0.15, -0.1) is 0 Å². The van der Waals surface area contributed by atoms with Crippen LogP contribution in [-0.4, -0.2) is 5.16 Å². The molecule has 0 bridgehead atoms. The highest BCUT2D eigenvalue weighted by Crippen LogP contribution is 2.27. The van der Waals surface area contributed by atoms with E-state index in [-0.39, 0.29) is 0 Å². The van der Waals surface area contributed by atoms with Crippen LogP contribution in [0.4, 0.5) is 0 Å². The molecule has 0 aliphatic carbocycles. The third-order valence-electron chi connectivity index (χ3n) is 2.79. The first-order valence-electron chi connectivity index (χ1n) is 5.74. The van der Waals surface area contributed by atoms with Gasteiger partial charge in [-0.3, -0.25) is 0 Å². The van der Waals surface area contributed by atoms with E-state index in [1.807, 2.05) is 13.8 Å². The lowest BCUT2D eigenvalue weighted by atomic mass is 10.0. The zero-order chi connectivity index (χ0) is 11.5. The second-order valence-corrected chi connectivity index (χ2v) is 4.15. The third-order valence-corrected chi connectivity index (χ3v) is 2.79. The fourth-order valence-electron chi connectivity index (χ4n) is 2.07. The van der Waals surface area contributed by atoms with Crippen molar-refractivity contribution in [1.29, 1.82) is 0 Å². The molecule has 0 amide bonds. The van der Waals surface area contributed by atoms with Crippen molar-refractivity contribution in [2.75, 3.05) is 0 Å². The van der Waals surface area contributed by atoms with Gasteiger partial charge in [-0.2, -0.15) is 0 Å². The zero-order valence-corrected chi connectivity index (χ0v) is 10.1. The van der Waals surface area contributed by atoms with Crippen LogP contribution in [0.5, 0.6) is 0 Å². The van der Waals surface area contributed by atoms with Crippen molar-refractivity contribution in [1.82, 2.24) is 5.16 Å². The Bertz CT molecular complexity index is 466. The molecule has 0 atom stereocenters. The molecule has 0 aliphatic rings. The monoisotopic (exact) mass is 215 g/mol. The van der Waals surface area contributed by atoms with Crippen LogP contribution < -0.4 is 0 Å². The maximum absolute atomic E-state index is 5.20. The molecule has 16 heavy (non-hydrogen) atoms. The summed E-state index contributed by atoms with van der Waals surface area (Å²) in [6.07, 6.45) is 2.29. The average molecular weight is 215 g/mol. The minimum Gasteiger partial charge on any atom is -0.361 e. The number of hydrogen-bond acceptors (Lipinski definition) is 2. The van der Waals surface area contributed by atoms with E-state index < -0.39 is 0 Å². The molecular weight excluding hydrogens is 198 g/mol. The minimum atomic E-state index is 0.895. The molecule has 2 nitrogen and oxygen atoms in total. The highest BCUT2D eigenvalue weighted by molar-refractivity contribution is 5.68. The van der Waals surface area contributed by atoms with Gasteiger partial charge in [-0.1, -0.05) is 42.8 Å². The molecule has 0 saturated carbocycles. The van der Waals surface area contributed by atoms with Gasteiger partial charge < -0.3 is 4.52 Å². The molecule has 2 aromatic rings. The molecule has 1 heterocycles. The van der Waals surface area contributed by atoms with Gasteiger partial charge in [-0.05, 0) is 31.4 Å². The first kappa shape index (κ1) is 10.9. The quantitative estimate of drug-likeness (QED) is 0.775. The van der Waals surface area contributed by atoms with Crippen LogP contribution in [-0.2, 0) is 6.42 Å². The van der Waals surface area contributed by atoms with Gasteiger partial charge in [-0.25, -0.2) is 0 Å². The summed E-state index contributed by atoms with van der Waals surface area (Å²) in [4.78, 5) is 0. The van der Waals surface area contributed by atoms with Gasteiger partial charge in [0, 0.05) is 5.56 Å². The van der Waals surface area contributed by atoms with Crippen molar-refractivity contribution in [2.24, 2.45) is 0 Å². The van der Waals surface area contributed by atoms with Crippen molar-refractivity contribution in [3.05, 3.63) is 41.3 Å². The van der Waals surface area contributed by atoms with Crippen LogP contribution in [0.1, 0.15) is 30.4 Å². The SMILES string of the molecule is CCCc1cccc(-c2c(C)noc2C)c1. The Kier molecular flexibility index (Phi) is 3.09. The van der Waals surface area contributed by atoms with E-state index in [4.69, 9.17) is 4.52 Å². The Balaban J connectivity index is 2.44. The topological polar surface area (TPSA) is 26.0 Å². The fraction of sp³-hybridized carbons (Fsp3) is 0.357. The van der Waals surface area contributed by atoms with E-state index in [1.165, 1.54) is 17.5 Å². The molecule has 0 fully saturated rings. The summed E-state index contributed by atoms with van der Waals surface area (Å²) in [6, 6.07) is 8.62. The van der Waals surface area contributed by atoms with E-state index in [9.17, 15) is 0 Å². The van der Waals surface area contributed by atoms with Crippen molar-refractivity contribution < 1.29 is 4.52 Å². The van der Waals surface area contributed by atoms with Gasteiger partial charge in [0.25, 0.3) is 0 Å². The predicted octanol–water partition coefficient (Wildman–Crippen LogP) is 3.91. The van der Waals surface area contributed by atoms with Crippen molar-refractivity contribution >= 4 is 0 Å². The van der Waals surface area contributed by atoms with Gasteiger partial charge in [0.2, 0.25) is 0 Å². The summed E-state index contributed by atoms with van der Waals surface area (Å²) in [5, 5.41) is 3.99. The normalized spacial score (nSPS) is 10.7. The highest BCUT2D eigenvalue weighted by Gasteiger charge is 2.11. The molecule has 0 unspecified atom stereocenters. The van der Waals surface area contributed by atoms with Crippen molar-refractivity contribution in [3.8, 4) is 11.1 Å². The Morgan fingerprint density at radius 1 is 1.25 bits per heavy atom. The minimum absolute atomic E-state index is 0.895. The molecule has 2 rings (SSSR count). The molecule has 0 spiro atoms. The summed E-state index contributed by atoms with van der Waals surface area (Å²) in [5.74, 6) is 0.895. The van der Waals surface area contributed by atoms with Crippen LogP contribution in [0.2, 0.25) is 0 Å². The van der Waals surface area contributed by atoms with Gasteiger partial charge in [0.05, 0.1) is 5.69 Å². The van der Waals surface area contributed by atoms with E-state index in [0.29, 0.717) is 0 Å². The van der Waals surface area contributed by atoms with Gasteiger partial charge >= 0.3 is 0 Å². The first-order valence-corrected chi connectivity index (χ1v) is 5.74. The summed E-state index contributed by atoms with van der Waals surface area (Å²) in [6.45, 7) is 6.14. The number of benzene rings is 1. The van der Waals surface area contributed by atoms with Crippen LogP contribution >= 0.6 is 0 Å². The molecule has 1 aromatic heterocycles. The standard InChI is InChI=1S/C14H17NO/c1-4-6-12-7-5-8-13(9-12)14-10(2)15-16-11(14)3/h5,7-9H,4,6H2,1-3H3. The molecule has 0 radical (unpaired) electrons. The number of hydrogen-bond donors (Lipinski definition) is 0. The molecular formula is C14H17NO. The van der Waals surface area contributed by atoms with Crippen molar-refractivity contribution in [2.45, 2.75) is 33.6 Å². The Morgan fingerprint density at radius 3 is 2.69 bits per heavy atom. The molecule has 0 aliphatic heterocycles.